The number of hydrogen-bond donors (Lipinski definition) is 0. The summed E-state index contributed by atoms with van der Waals surface area (Å²) in [5.74, 6) is 0. The van der Waals surface area contributed by atoms with Gasteiger partial charge in [-0.25, -0.2) is 8.42 Å². The van der Waals surface area contributed by atoms with Crippen molar-refractivity contribution in [2.45, 2.75) is 0 Å². The summed E-state index contributed by atoms with van der Waals surface area (Å²) in [6.07, 6.45) is 1.27. The van der Waals surface area contributed by atoms with Gasteiger partial charge in [0.05, 0.1) is 3.81 Å². The Bertz CT molecular complexity index is 413. The SMILES string of the molecule is O=S(=O)([O-])C(Br)=Cc1ccccc1.[Na+]. The third-order valence-corrected chi connectivity index (χ3v) is 3.33. The van der Waals surface area contributed by atoms with E-state index in [0.29, 0.717) is 5.56 Å². The molecule has 0 aliphatic rings. The molecule has 0 saturated carbocycles. The van der Waals surface area contributed by atoms with Gasteiger partial charge in [-0.3, -0.25) is 0 Å². The third-order valence-electron chi connectivity index (χ3n) is 1.32. The second-order valence-corrected chi connectivity index (χ2v) is 5.04. The van der Waals surface area contributed by atoms with Crippen LogP contribution in [0.4, 0.5) is 0 Å². The first kappa shape index (κ1) is 14.3. The van der Waals surface area contributed by atoms with Crippen LogP contribution >= 0.6 is 15.9 Å². The number of rotatable bonds is 2. The zero-order chi connectivity index (χ0) is 9.90. The van der Waals surface area contributed by atoms with Gasteiger partial charge >= 0.3 is 29.6 Å². The van der Waals surface area contributed by atoms with Crippen LogP contribution in [0.5, 0.6) is 0 Å². The first-order valence-electron chi connectivity index (χ1n) is 3.38. The van der Waals surface area contributed by atoms with Crippen molar-refractivity contribution in [1.82, 2.24) is 0 Å². The normalized spacial score (nSPS) is 12.0. The van der Waals surface area contributed by atoms with Gasteiger partial charge < -0.3 is 4.55 Å². The van der Waals surface area contributed by atoms with Crippen molar-refractivity contribution < 1.29 is 42.5 Å². The molecule has 0 aliphatic carbocycles. The molecule has 0 fully saturated rings. The van der Waals surface area contributed by atoms with Crippen LogP contribution in [0.15, 0.2) is 34.1 Å². The molecule has 0 spiro atoms. The summed E-state index contributed by atoms with van der Waals surface area (Å²) in [6.45, 7) is 0. The van der Waals surface area contributed by atoms with E-state index in [1.54, 1.807) is 30.3 Å². The van der Waals surface area contributed by atoms with Crippen molar-refractivity contribution in [3.63, 3.8) is 0 Å². The molecule has 14 heavy (non-hydrogen) atoms. The summed E-state index contributed by atoms with van der Waals surface area (Å²) in [5.41, 5.74) is 0.661. The number of benzene rings is 1. The van der Waals surface area contributed by atoms with Crippen LogP contribution in [0.2, 0.25) is 0 Å². The van der Waals surface area contributed by atoms with E-state index in [0.717, 1.165) is 0 Å². The van der Waals surface area contributed by atoms with Gasteiger partial charge in [0.1, 0.15) is 10.1 Å². The Morgan fingerprint density at radius 1 is 1.29 bits per heavy atom. The van der Waals surface area contributed by atoms with E-state index < -0.39 is 10.1 Å². The fourth-order valence-electron chi connectivity index (χ4n) is 0.752. The van der Waals surface area contributed by atoms with Crippen LogP contribution in [0.25, 0.3) is 6.08 Å². The van der Waals surface area contributed by atoms with Crippen molar-refractivity contribution in [2.75, 3.05) is 0 Å². The van der Waals surface area contributed by atoms with E-state index in [4.69, 9.17) is 0 Å². The molecule has 0 saturated heterocycles. The maximum Gasteiger partial charge on any atom is 1.00 e. The molecule has 1 aromatic rings. The fourth-order valence-corrected chi connectivity index (χ4v) is 1.30. The van der Waals surface area contributed by atoms with E-state index in [1.165, 1.54) is 6.08 Å². The zero-order valence-electron chi connectivity index (χ0n) is 7.48. The zero-order valence-corrected chi connectivity index (χ0v) is 11.9. The molecule has 1 aromatic carbocycles. The predicted octanol–water partition coefficient (Wildman–Crippen LogP) is -1.07. The fraction of sp³-hybridized carbons (Fsp3) is 0. The van der Waals surface area contributed by atoms with Crippen molar-refractivity contribution in [2.24, 2.45) is 0 Å². The minimum absolute atomic E-state index is 0. The third kappa shape index (κ3) is 4.72. The molecule has 0 aromatic heterocycles. The topological polar surface area (TPSA) is 57.2 Å². The summed E-state index contributed by atoms with van der Waals surface area (Å²) in [7, 11) is -4.37. The molecule has 6 heteroatoms. The first-order valence-corrected chi connectivity index (χ1v) is 5.58. The van der Waals surface area contributed by atoms with E-state index in [9.17, 15) is 13.0 Å². The first-order chi connectivity index (χ1) is 6.00. The molecule has 0 N–H and O–H groups in total. The van der Waals surface area contributed by atoms with E-state index >= 15 is 0 Å². The summed E-state index contributed by atoms with van der Waals surface area (Å²) in [4.78, 5) is 0. The minimum Gasteiger partial charge on any atom is -0.744 e. The summed E-state index contributed by atoms with van der Waals surface area (Å²) in [5, 5.41) is 0. The van der Waals surface area contributed by atoms with E-state index in [-0.39, 0.29) is 33.4 Å². The van der Waals surface area contributed by atoms with E-state index in [2.05, 4.69) is 15.9 Å². The minimum atomic E-state index is -4.37. The summed E-state index contributed by atoms with van der Waals surface area (Å²) < 4.78 is 31.0. The van der Waals surface area contributed by atoms with Crippen LogP contribution in [-0.4, -0.2) is 13.0 Å². The standard InChI is InChI=1S/C8H7BrO3S.Na/c9-8(13(10,11)12)6-7-4-2-1-3-5-7;/h1-6H,(H,10,11,12);/q;+1/p-1. The van der Waals surface area contributed by atoms with Gasteiger partial charge in [-0.05, 0) is 27.6 Å². The van der Waals surface area contributed by atoms with Gasteiger partial charge in [-0.1, -0.05) is 30.3 Å². The monoisotopic (exact) mass is 284 g/mol. The van der Waals surface area contributed by atoms with Crippen LogP contribution < -0.4 is 29.6 Å². The average Bonchev–Trinajstić information content (AvgIpc) is 2.04. The maximum atomic E-state index is 10.5. The summed E-state index contributed by atoms with van der Waals surface area (Å²) in [6, 6.07) is 8.71. The van der Waals surface area contributed by atoms with Crippen LogP contribution in [0.3, 0.4) is 0 Å². The molecule has 0 amide bonds. The molecule has 0 heterocycles. The van der Waals surface area contributed by atoms with Crippen molar-refractivity contribution >= 4 is 32.1 Å². The quantitative estimate of drug-likeness (QED) is 0.513. The Balaban J connectivity index is 0.00000169. The van der Waals surface area contributed by atoms with Gasteiger partial charge in [-0.15, -0.1) is 0 Å². The number of hydrogen-bond acceptors (Lipinski definition) is 3. The smallest absolute Gasteiger partial charge is 0.744 e. The molecule has 0 bridgehead atoms. The molecule has 1 rings (SSSR count). The molecular formula is C8H6BrNaO3S. The largest absolute Gasteiger partial charge is 1.00 e. The van der Waals surface area contributed by atoms with Crippen LogP contribution in [-0.2, 0) is 10.1 Å². The molecule has 0 unspecified atom stereocenters. The van der Waals surface area contributed by atoms with Gasteiger partial charge in [0, 0.05) is 0 Å². The molecule has 0 atom stereocenters. The maximum absolute atomic E-state index is 10.5. The molecule has 3 nitrogen and oxygen atoms in total. The van der Waals surface area contributed by atoms with Crippen LogP contribution in [0.1, 0.15) is 5.56 Å². The average molecular weight is 285 g/mol. The Kier molecular flexibility index (Phi) is 6.20. The molecule has 0 aliphatic heterocycles. The Morgan fingerprint density at radius 2 is 1.79 bits per heavy atom. The van der Waals surface area contributed by atoms with Gasteiger partial charge in [0.15, 0.2) is 0 Å². The molecule has 0 radical (unpaired) electrons. The second kappa shape index (κ2) is 6.05. The van der Waals surface area contributed by atoms with Crippen LogP contribution in [0, 0.1) is 0 Å². The number of halogens is 1. The van der Waals surface area contributed by atoms with E-state index in [1.807, 2.05) is 0 Å². The van der Waals surface area contributed by atoms with Gasteiger partial charge in [0.2, 0.25) is 0 Å². The Labute approximate surface area is 113 Å². The van der Waals surface area contributed by atoms with Gasteiger partial charge in [0.25, 0.3) is 0 Å². The predicted molar refractivity (Wildman–Crippen MR) is 53.0 cm³/mol. The second-order valence-electron chi connectivity index (χ2n) is 2.31. The molecular weight excluding hydrogens is 279 g/mol. The van der Waals surface area contributed by atoms with Crippen molar-refractivity contribution in [3.05, 3.63) is 39.7 Å². The Morgan fingerprint density at radius 3 is 2.21 bits per heavy atom. The summed E-state index contributed by atoms with van der Waals surface area (Å²) >= 11 is 2.70. The van der Waals surface area contributed by atoms with Crippen molar-refractivity contribution in [3.8, 4) is 0 Å². The van der Waals surface area contributed by atoms with Crippen molar-refractivity contribution in [1.29, 1.82) is 0 Å². The molecule has 70 valence electrons. The Hall–Kier alpha value is 0.350. The van der Waals surface area contributed by atoms with Gasteiger partial charge in [-0.2, -0.15) is 0 Å².